The normalized spacial score (nSPS) is 23.7. The summed E-state index contributed by atoms with van der Waals surface area (Å²) in [6.45, 7) is 5.30. The largest absolute Gasteiger partial charge is 0.493 e. The SMILES string of the molecule is COc1cc2nc([C@]3(C)CCCN3N3[C]=C(c4ccc(F)cc4)SC3C)[nH]c2cc1OC. The molecule has 2 aliphatic heterocycles. The summed E-state index contributed by atoms with van der Waals surface area (Å²) in [5.41, 5.74) is 2.44. The van der Waals surface area contributed by atoms with Crippen molar-refractivity contribution < 1.29 is 13.9 Å². The first kappa shape index (κ1) is 21.2. The van der Waals surface area contributed by atoms with Crippen molar-refractivity contribution in [2.24, 2.45) is 0 Å². The van der Waals surface area contributed by atoms with Gasteiger partial charge >= 0.3 is 0 Å². The van der Waals surface area contributed by atoms with Crippen LogP contribution in [0.5, 0.6) is 11.5 Å². The molecule has 1 aromatic heterocycles. The first-order chi connectivity index (χ1) is 15.4. The Hall–Kier alpha value is -2.71. The van der Waals surface area contributed by atoms with E-state index >= 15 is 0 Å². The Morgan fingerprint density at radius 1 is 1.19 bits per heavy atom. The highest BCUT2D eigenvalue weighted by atomic mass is 32.2. The molecule has 5 rings (SSSR count). The number of H-pyrrole nitrogens is 1. The highest BCUT2D eigenvalue weighted by Crippen LogP contribution is 2.46. The standard InChI is InChI=1S/C24H26FN4O2S/c1-15-28(14-22(32-15)16-6-8-17(25)9-7-16)29-11-5-10-24(29,2)23-26-18-12-20(30-3)21(31-4)13-19(18)27-23/h6-9,12-13,15H,5,10-11H2,1-4H3,(H,26,27)/t15?,24-/m0/s1. The zero-order chi connectivity index (χ0) is 22.5. The summed E-state index contributed by atoms with van der Waals surface area (Å²) in [4.78, 5) is 9.48. The van der Waals surface area contributed by atoms with E-state index in [0.29, 0.717) is 11.5 Å². The van der Waals surface area contributed by atoms with Crippen LogP contribution in [0.1, 0.15) is 38.1 Å². The molecule has 2 atom stereocenters. The van der Waals surface area contributed by atoms with Gasteiger partial charge in [-0.2, -0.15) is 0 Å². The molecular weight excluding hydrogens is 427 g/mol. The third kappa shape index (κ3) is 3.42. The monoisotopic (exact) mass is 453 g/mol. The van der Waals surface area contributed by atoms with Crippen LogP contribution in [0.3, 0.4) is 0 Å². The molecule has 0 bridgehead atoms. The van der Waals surface area contributed by atoms with E-state index in [9.17, 15) is 4.39 Å². The highest BCUT2D eigenvalue weighted by Gasteiger charge is 2.46. The minimum atomic E-state index is -0.306. The van der Waals surface area contributed by atoms with Crippen molar-refractivity contribution in [3.8, 4) is 11.5 Å². The van der Waals surface area contributed by atoms with Crippen molar-refractivity contribution in [3.05, 3.63) is 59.8 Å². The maximum Gasteiger partial charge on any atom is 0.163 e. The topological polar surface area (TPSA) is 53.6 Å². The minimum absolute atomic E-state index is 0.178. The molecule has 1 radical (unpaired) electrons. The molecule has 3 heterocycles. The van der Waals surface area contributed by atoms with E-state index in [4.69, 9.17) is 14.5 Å². The Morgan fingerprint density at radius 2 is 1.91 bits per heavy atom. The van der Waals surface area contributed by atoms with Crippen LogP contribution in [0.15, 0.2) is 36.4 Å². The summed E-state index contributed by atoms with van der Waals surface area (Å²) in [7, 11) is 3.26. The van der Waals surface area contributed by atoms with Crippen molar-refractivity contribution in [1.82, 2.24) is 20.0 Å². The number of halogens is 1. The number of rotatable bonds is 5. The molecule has 3 aromatic rings. The number of imidazole rings is 1. The third-order valence-corrected chi connectivity index (χ3v) is 7.42. The van der Waals surface area contributed by atoms with Crippen LogP contribution in [0.25, 0.3) is 15.9 Å². The van der Waals surface area contributed by atoms with Crippen LogP contribution in [-0.2, 0) is 5.54 Å². The fourth-order valence-corrected chi connectivity index (χ4v) is 5.59. The maximum atomic E-state index is 13.4. The minimum Gasteiger partial charge on any atom is -0.493 e. The van der Waals surface area contributed by atoms with Gasteiger partial charge in [0, 0.05) is 23.6 Å². The molecule has 1 fully saturated rings. The van der Waals surface area contributed by atoms with E-state index in [0.717, 1.165) is 46.7 Å². The number of hydrazine groups is 1. The van der Waals surface area contributed by atoms with Crippen LogP contribution in [0.2, 0.25) is 0 Å². The number of aromatic nitrogens is 2. The molecule has 1 N–H and O–H groups in total. The van der Waals surface area contributed by atoms with E-state index in [1.165, 1.54) is 12.1 Å². The van der Waals surface area contributed by atoms with Gasteiger partial charge in [-0.15, -0.1) is 0 Å². The summed E-state index contributed by atoms with van der Waals surface area (Å²) in [5, 5.41) is 4.72. The number of methoxy groups -OCH3 is 2. The van der Waals surface area contributed by atoms with E-state index < -0.39 is 0 Å². The first-order valence-corrected chi connectivity index (χ1v) is 11.6. The molecule has 0 amide bonds. The number of fused-ring (bicyclic) bond motifs is 1. The molecule has 0 spiro atoms. The van der Waals surface area contributed by atoms with Crippen LogP contribution in [0, 0.1) is 12.0 Å². The summed E-state index contributed by atoms with van der Waals surface area (Å²) in [5.74, 6) is 2.02. The van der Waals surface area contributed by atoms with Crippen LogP contribution in [-0.4, -0.2) is 46.1 Å². The number of benzene rings is 2. The first-order valence-electron chi connectivity index (χ1n) is 10.7. The average molecular weight is 454 g/mol. The van der Waals surface area contributed by atoms with Gasteiger partial charge in [-0.1, -0.05) is 23.9 Å². The Kier molecular flexibility index (Phi) is 5.29. The van der Waals surface area contributed by atoms with Crippen molar-refractivity contribution in [1.29, 1.82) is 0 Å². The third-order valence-electron chi connectivity index (χ3n) is 6.32. The van der Waals surface area contributed by atoms with Crippen LogP contribution >= 0.6 is 11.8 Å². The van der Waals surface area contributed by atoms with Gasteiger partial charge in [0.1, 0.15) is 11.6 Å². The number of hydrogen-bond acceptors (Lipinski definition) is 6. The van der Waals surface area contributed by atoms with Crippen LogP contribution in [0.4, 0.5) is 4.39 Å². The average Bonchev–Trinajstić information content (AvgIpc) is 3.49. The van der Waals surface area contributed by atoms with Gasteiger partial charge < -0.3 is 14.5 Å². The molecule has 0 saturated carbocycles. The Bertz CT molecular complexity index is 1140. The Labute approximate surface area is 191 Å². The zero-order valence-corrected chi connectivity index (χ0v) is 19.4. The molecule has 2 aliphatic rings. The van der Waals surface area contributed by atoms with Gasteiger partial charge in [0.2, 0.25) is 0 Å². The van der Waals surface area contributed by atoms with E-state index in [2.05, 4.69) is 35.0 Å². The number of thioether (sulfide) groups is 1. The van der Waals surface area contributed by atoms with Crippen molar-refractivity contribution in [3.63, 3.8) is 0 Å². The lowest BCUT2D eigenvalue weighted by atomic mass is 9.99. The second-order valence-electron chi connectivity index (χ2n) is 8.32. The molecule has 1 saturated heterocycles. The number of aromatic amines is 1. The van der Waals surface area contributed by atoms with Crippen molar-refractivity contribution >= 4 is 27.7 Å². The summed E-state index contributed by atoms with van der Waals surface area (Å²) >= 11 is 1.73. The van der Waals surface area contributed by atoms with Gasteiger partial charge in [-0.25, -0.2) is 14.4 Å². The van der Waals surface area contributed by atoms with Gasteiger partial charge in [-0.05, 0) is 44.4 Å². The molecule has 167 valence electrons. The quantitative estimate of drug-likeness (QED) is 0.577. The predicted octanol–water partition coefficient (Wildman–Crippen LogP) is 5.14. The zero-order valence-electron chi connectivity index (χ0n) is 18.6. The van der Waals surface area contributed by atoms with E-state index in [-0.39, 0.29) is 16.7 Å². The molecule has 8 heteroatoms. The molecular formula is C24H26FN4O2S. The van der Waals surface area contributed by atoms with Crippen molar-refractivity contribution in [2.45, 2.75) is 37.6 Å². The fraction of sp³-hybridized carbons (Fsp3) is 0.375. The van der Waals surface area contributed by atoms with E-state index in [1.54, 1.807) is 26.0 Å². The second-order valence-corrected chi connectivity index (χ2v) is 9.65. The second kappa shape index (κ2) is 8.01. The van der Waals surface area contributed by atoms with Crippen LogP contribution < -0.4 is 9.47 Å². The molecule has 1 unspecified atom stereocenters. The van der Waals surface area contributed by atoms with Gasteiger partial charge in [0.15, 0.2) is 11.5 Å². The number of nitrogens with one attached hydrogen (secondary N) is 1. The molecule has 0 aliphatic carbocycles. The highest BCUT2D eigenvalue weighted by molar-refractivity contribution is 8.09. The smallest absolute Gasteiger partial charge is 0.163 e. The van der Waals surface area contributed by atoms with Gasteiger partial charge in [-0.3, -0.25) is 5.01 Å². The molecule has 2 aromatic carbocycles. The lowest BCUT2D eigenvalue weighted by Crippen LogP contribution is -2.50. The maximum absolute atomic E-state index is 13.4. The Morgan fingerprint density at radius 3 is 2.62 bits per heavy atom. The molecule has 6 nitrogen and oxygen atoms in total. The fourth-order valence-electron chi connectivity index (χ4n) is 4.56. The lowest BCUT2D eigenvalue weighted by Gasteiger charge is -2.41. The predicted molar refractivity (Wildman–Crippen MR) is 124 cm³/mol. The van der Waals surface area contributed by atoms with E-state index in [1.807, 2.05) is 24.3 Å². The molecule has 32 heavy (non-hydrogen) atoms. The number of hydrogen-bond donors (Lipinski definition) is 1. The summed E-state index contributed by atoms with van der Waals surface area (Å²) in [6, 6.07) is 10.4. The summed E-state index contributed by atoms with van der Waals surface area (Å²) < 4.78 is 24.3. The summed E-state index contributed by atoms with van der Waals surface area (Å²) in [6.07, 6.45) is 5.58. The lowest BCUT2D eigenvalue weighted by molar-refractivity contribution is -0.0558. The van der Waals surface area contributed by atoms with Gasteiger partial charge in [0.05, 0.1) is 42.4 Å². The van der Waals surface area contributed by atoms with Gasteiger partial charge in [0.25, 0.3) is 0 Å². The van der Waals surface area contributed by atoms with Crippen molar-refractivity contribution in [2.75, 3.05) is 20.8 Å². The number of ether oxygens (including phenoxy) is 2. The Balaban J connectivity index is 1.50. The number of nitrogens with zero attached hydrogens (tertiary/aromatic N) is 3.